The molecule has 1 saturated heterocycles. The van der Waals surface area contributed by atoms with Gasteiger partial charge in [0.15, 0.2) is 0 Å². The van der Waals surface area contributed by atoms with Crippen molar-refractivity contribution in [2.24, 2.45) is 0 Å². The summed E-state index contributed by atoms with van der Waals surface area (Å²) in [6.45, 7) is 3.88. The summed E-state index contributed by atoms with van der Waals surface area (Å²) in [5.41, 5.74) is 0. The first kappa shape index (κ1) is 9.52. The van der Waals surface area contributed by atoms with E-state index < -0.39 is 0 Å². The Morgan fingerprint density at radius 2 is 2.42 bits per heavy atom. The SMILES string of the molecule is CCCC(=O)N1CC[C@H](NC)C1. The molecule has 0 spiro atoms. The molecule has 12 heavy (non-hydrogen) atoms. The van der Waals surface area contributed by atoms with E-state index in [1.807, 2.05) is 18.9 Å². The number of carbonyl (C=O) groups is 1. The van der Waals surface area contributed by atoms with E-state index in [9.17, 15) is 4.79 Å². The van der Waals surface area contributed by atoms with Gasteiger partial charge in [0.2, 0.25) is 5.91 Å². The number of hydrogen-bond donors (Lipinski definition) is 1. The molecule has 3 heteroatoms. The summed E-state index contributed by atoms with van der Waals surface area (Å²) < 4.78 is 0. The molecule has 3 nitrogen and oxygen atoms in total. The van der Waals surface area contributed by atoms with Crippen molar-refractivity contribution in [3.8, 4) is 0 Å². The van der Waals surface area contributed by atoms with Crippen LogP contribution in [0.15, 0.2) is 0 Å². The molecule has 1 rings (SSSR count). The van der Waals surface area contributed by atoms with Gasteiger partial charge in [-0.3, -0.25) is 4.79 Å². The van der Waals surface area contributed by atoms with Crippen LogP contribution in [-0.2, 0) is 4.79 Å². The first-order chi connectivity index (χ1) is 5.77. The standard InChI is InChI=1S/C9H18N2O/c1-3-4-9(12)11-6-5-8(7-11)10-2/h8,10H,3-7H2,1-2H3/t8-/m0/s1. The van der Waals surface area contributed by atoms with Gasteiger partial charge in [-0.1, -0.05) is 6.92 Å². The van der Waals surface area contributed by atoms with Crippen molar-refractivity contribution in [1.82, 2.24) is 10.2 Å². The van der Waals surface area contributed by atoms with Gasteiger partial charge in [0, 0.05) is 25.6 Å². The van der Waals surface area contributed by atoms with Crippen LogP contribution in [0.5, 0.6) is 0 Å². The van der Waals surface area contributed by atoms with Gasteiger partial charge in [0.05, 0.1) is 0 Å². The topological polar surface area (TPSA) is 32.3 Å². The highest BCUT2D eigenvalue weighted by molar-refractivity contribution is 5.76. The van der Waals surface area contributed by atoms with Gasteiger partial charge in [-0.05, 0) is 19.9 Å². The van der Waals surface area contributed by atoms with Crippen molar-refractivity contribution in [3.63, 3.8) is 0 Å². The summed E-state index contributed by atoms with van der Waals surface area (Å²) in [4.78, 5) is 13.4. The molecule has 1 heterocycles. The zero-order chi connectivity index (χ0) is 8.97. The molecule has 1 amide bonds. The summed E-state index contributed by atoms with van der Waals surface area (Å²) in [5.74, 6) is 0.315. The Bertz CT molecular complexity index is 159. The predicted molar refractivity (Wildman–Crippen MR) is 49.0 cm³/mol. The lowest BCUT2D eigenvalue weighted by atomic mass is 10.3. The Morgan fingerprint density at radius 1 is 1.67 bits per heavy atom. The van der Waals surface area contributed by atoms with E-state index in [0.717, 1.165) is 25.9 Å². The normalized spacial score (nSPS) is 23.2. The molecule has 1 atom stereocenters. The summed E-state index contributed by atoms with van der Waals surface area (Å²) in [6.07, 6.45) is 2.77. The zero-order valence-corrected chi connectivity index (χ0v) is 7.97. The van der Waals surface area contributed by atoms with Crippen LogP contribution >= 0.6 is 0 Å². The minimum atomic E-state index is 0.315. The summed E-state index contributed by atoms with van der Waals surface area (Å²) in [5, 5.41) is 3.20. The highest BCUT2D eigenvalue weighted by atomic mass is 16.2. The Kier molecular flexibility index (Phi) is 3.53. The summed E-state index contributed by atoms with van der Waals surface area (Å²) >= 11 is 0. The van der Waals surface area contributed by atoms with Crippen LogP contribution < -0.4 is 5.32 Å². The number of carbonyl (C=O) groups excluding carboxylic acids is 1. The Hall–Kier alpha value is -0.570. The predicted octanol–water partition coefficient (Wildman–Crippen LogP) is 0.607. The molecule has 0 unspecified atom stereocenters. The van der Waals surface area contributed by atoms with Crippen LogP contribution in [-0.4, -0.2) is 37.0 Å². The number of likely N-dealkylation sites (tertiary alicyclic amines) is 1. The van der Waals surface area contributed by atoms with E-state index in [0.29, 0.717) is 18.4 Å². The van der Waals surface area contributed by atoms with Gasteiger partial charge in [-0.25, -0.2) is 0 Å². The molecule has 0 aromatic rings. The fraction of sp³-hybridized carbons (Fsp3) is 0.889. The fourth-order valence-electron chi connectivity index (χ4n) is 1.59. The average molecular weight is 170 g/mol. The van der Waals surface area contributed by atoms with E-state index in [4.69, 9.17) is 0 Å². The van der Waals surface area contributed by atoms with Gasteiger partial charge in [-0.2, -0.15) is 0 Å². The molecular formula is C9H18N2O. The van der Waals surface area contributed by atoms with E-state index in [1.165, 1.54) is 0 Å². The molecule has 0 saturated carbocycles. The molecule has 0 aliphatic carbocycles. The zero-order valence-electron chi connectivity index (χ0n) is 7.97. The Balaban J connectivity index is 2.31. The maximum Gasteiger partial charge on any atom is 0.222 e. The first-order valence-corrected chi connectivity index (χ1v) is 4.73. The van der Waals surface area contributed by atoms with Gasteiger partial charge in [0.1, 0.15) is 0 Å². The van der Waals surface area contributed by atoms with Crippen LogP contribution in [0.3, 0.4) is 0 Å². The monoisotopic (exact) mass is 170 g/mol. The molecular weight excluding hydrogens is 152 g/mol. The Labute approximate surface area is 74.1 Å². The van der Waals surface area contributed by atoms with E-state index in [1.54, 1.807) is 0 Å². The van der Waals surface area contributed by atoms with Gasteiger partial charge in [-0.15, -0.1) is 0 Å². The molecule has 1 aliphatic heterocycles. The van der Waals surface area contributed by atoms with E-state index in [-0.39, 0.29) is 0 Å². The summed E-state index contributed by atoms with van der Waals surface area (Å²) in [6, 6.07) is 0.519. The molecule has 1 N–H and O–H groups in total. The van der Waals surface area contributed by atoms with Crippen molar-refractivity contribution in [2.75, 3.05) is 20.1 Å². The van der Waals surface area contributed by atoms with Crippen LogP contribution in [0.25, 0.3) is 0 Å². The van der Waals surface area contributed by atoms with Crippen LogP contribution in [0, 0.1) is 0 Å². The molecule has 0 bridgehead atoms. The molecule has 0 aromatic carbocycles. The second-order valence-electron chi connectivity index (χ2n) is 3.36. The molecule has 0 aromatic heterocycles. The average Bonchev–Trinajstić information content (AvgIpc) is 2.52. The number of rotatable bonds is 3. The molecule has 1 aliphatic rings. The first-order valence-electron chi connectivity index (χ1n) is 4.73. The third-order valence-electron chi connectivity index (χ3n) is 2.41. The summed E-state index contributed by atoms with van der Waals surface area (Å²) in [7, 11) is 1.96. The number of likely N-dealkylation sites (N-methyl/N-ethyl adjacent to an activating group) is 1. The second-order valence-corrected chi connectivity index (χ2v) is 3.36. The highest BCUT2D eigenvalue weighted by Gasteiger charge is 2.23. The minimum absolute atomic E-state index is 0.315. The fourth-order valence-corrected chi connectivity index (χ4v) is 1.59. The lowest BCUT2D eigenvalue weighted by Crippen LogP contribution is -2.33. The smallest absolute Gasteiger partial charge is 0.222 e. The third kappa shape index (κ3) is 2.21. The van der Waals surface area contributed by atoms with E-state index in [2.05, 4.69) is 5.32 Å². The van der Waals surface area contributed by atoms with Crippen molar-refractivity contribution >= 4 is 5.91 Å². The second kappa shape index (κ2) is 4.45. The van der Waals surface area contributed by atoms with E-state index >= 15 is 0 Å². The van der Waals surface area contributed by atoms with Crippen LogP contribution in [0.1, 0.15) is 26.2 Å². The van der Waals surface area contributed by atoms with Crippen molar-refractivity contribution in [1.29, 1.82) is 0 Å². The van der Waals surface area contributed by atoms with Crippen molar-refractivity contribution < 1.29 is 4.79 Å². The van der Waals surface area contributed by atoms with Gasteiger partial charge in [0.25, 0.3) is 0 Å². The van der Waals surface area contributed by atoms with Crippen molar-refractivity contribution in [2.45, 2.75) is 32.2 Å². The minimum Gasteiger partial charge on any atom is -0.341 e. The largest absolute Gasteiger partial charge is 0.341 e. The number of hydrogen-bond acceptors (Lipinski definition) is 2. The van der Waals surface area contributed by atoms with Gasteiger partial charge < -0.3 is 10.2 Å². The number of nitrogens with zero attached hydrogens (tertiary/aromatic N) is 1. The lowest BCUT2D eigenvalue weighted by molar-refractivity contribution is -0.130. The molecule has 70 valence electrons. The maximum atomic E-state index is 11.4. The van der Waals surface area contributed by atoms with Crippen molar-refractivity contribution in [3.05, 3.63) is 0 Å². The maximum absolute atomic E-state index is 11.4. The molecule has 0 radical (unpaired) electrons. The van der Waals surface area contributed by atoms with Gasteiger partial charge >= 0.3 is 0 Å². The third-order valence-corrected chi connectivity index (χ3v) is 2.41. The Morgan fingerprint density at radius 3 is 2.92 bits per heavy atom. The number of amides is 1. The van der Waals surface area contributed by atoms with Crippen LogP contribution in [0.4, 0.5) is 0 Å². The quantitative estimate of drug-likeness (QED) is 0.673. The lowest BCUT2D eigenvalue weighted by Gasteiger charge is -2.15. The van der Waals surface area contributed by atoms with Crippen LogP contribution in [0.2, 0.25) is 0 Å². The number of nitrogens with one attached hydrogen (secondary N) is 1. The highest BCUT2D eigenvalue weighted by Crippen LogP contribution is 2.10. The molecule has 1 fully saturated rings.